The van der Waals surface area contributed by atoms with Crippen LogP contribution in [-0.4, -0.2) is 163 Å². The SMILES string of the molecule is Cc1nn(-c2ccc(C(N)=O)c(NCCCOCCOCCOCCOCCOCCCNC(=O)c3ccc(C4=C(/C=C/C5N(CCCCS(=O)(=O)O)c6ccccc6C5(C)C)CCC/C4=C\C=C4\N(CCCCS(=O)(=O)O)c5ccccc5C4(C)C)cc3)c2)c2c1C(=O)CC(C)(C)C2. The van der Waals surface area contributed by atoms with E-state index in [1.807, 2.05) is 60.1 Å². The quantitative estimate of drug-likeness (QED) is 0.0181. The summed E-state index contributed by atoms with van der Waals surface area (Å²) in [5.74, 6) is -1.21. The molecule has 21 nitrogen and oxygen atoms in total. The molecule has 9 rings (SSSR count). The lowest BCUT2D eigenvalue weighted by atomic mass is 9.75. The molecule has 536 valence electrons. The van der Waals surface area contributed by atoms with Gasteiger partial charge < -0.3 is 49.9 Å². The third-order valence-corrected chi connectivity index (χ3v) is 20.6. The van der Waals surface area contributed by atoms with E-state index in [-0.39, 0.29) is 45.5 Å². The average molecular weight is 1400 g/mol. The molecule has 99 heavy (non-hydrogen) atoms. The molecular formula is C76H101N7O14S2. The van der Waals surface area contributed by atoms with Crippen LogP contribution in [0.25, 0.3) is 11.3 Å². The number of allylic oxidation sites excluding steroid dienone is 7. The number of amides is 2. The smallest absolute Gasteiger partial charge is 0.264 e. The number of nitrogens with two attached hydrogens (primary N) is 1. The van der Waals surface area contributed by atoms with Crippen molar-refractivity contribution in [2.75, 3.05) is 119 Å². The molecule has 1 aromatic heterocycles. The van der Waals surface area contributed by atoms with Crippen LogP contribution < -0.4 is 26.2 Å². The maximum atomic E-state index is 13.6. The van der Waals surface area contributed by atoms with Crippen LogP contribution in [0.2, 0.25) is 0 Å². The van der Waals surface area contributed by atoms with Crippen LogP contribution in [0, 0.1) is 12.3 Å². The Bertz CT molecular complexity index is 4000. The van der Waals surface area contributed by atoms with Crippen molar-refractivity contribution >= 4 is 60.5 Å². The molecule has 4 aliphatic rings. The molecular weight excluding hydrogens is 1300 g/mol. The lowest BCUT2D eigenvalue weighted by molar-refractivity contribution is -0.0111. The first-order chi connectivity index (χ1) is 47.2. The number of carbonyl (C=O) groups excluding carboxylic acids is 3. The van der Waals surface area contributed by atoms with Gasteiger partial charge in [0.25, 0.3) is 32.1 Å². The van der Waals surface area contributed by atoms with Crippen LogP contribution in [0.4, 0.5) is 17.1 Å². The second-order valence-electron chi connectivity index (χ2n) is 27.9. The van der Waals surface area contributed by atoms with Crippen molar-refractivity contribution in [3.05, 3.63) is 177 Å². The van der Waals surface area contributed by atoms with Crippen molar-refractivity contribution in [2.24, 2.45) is 11.1 Å². The van der Waals surface area contributed by atoms with Crippen molar-refractivity contribution in [3.63, 3.8) is 0 Å². The van der Waals surface area contributed by atoms with E-state index in [1.165, 1.54) is 11.1 Å². The highest BCUT2D eigenvalue weighted by molar-refractivity contribution is 7.86. The van der Waals surface area contributed by atoms with Crippen molar-refractivity contribution in [2.45, 2.75) is 136 Å². The number of aromatic nitrogens is 2. The zero-order valence-corrected chi connectivity index (χ0v) is 60.2. The first kappa shape index (κ1) is 75.9. The number of nitrogens with zero attached hydrogens (tertiary/aromatic N) is 4. The Labute approximate surface area is 585 Å². The maximum Gasteiger partial charge on any atom is 0.264 e. The fourth-order valence-corrected chi connectivity index (χ4v) is 15.3. The summed E-state index contributed by atoms with van der Waals surface area (Å²) < 4.78 is 96.0. The molecule has 0 bridgehead atoms. The van der Waals surface area contributed by atoms with Gasteiger partial charge in [-0.3, -0.25) is 23.5 Å². The van der Waals surface area contributed by atoms with Gasteiger partial charge in [-0.1, -0.05) is 108 Å². The van der Waals surface area contributed by atoms with Crippen LogP contribution in [0.3, 0.4) is 0 Å². The lowest BCUT2D eigenvalue weighted by Crippen LogP contribution is -2.40. The molecule has 0 radical (unpaired) electrons. The molecule has 0 fully saturated rings. The molecule has 0 spiro atoms. The minimum Gasteiger partial charge on any atom is -0.384 e. The third kappa shape index (κ3) is 20.2. The summed E-state index contributed by atoms with van der Waals surface area (Å²) in [6.45, 7) is 21.3. The number of primary amides is 1. The van der Waals surface area contributed by atoms with Crippen LogP contribution in [0.1, 0.15) is 165 Å². The van der Waals surface area contributed by atoms with Gasteiger partial charge in [0, 0.05) is 85.0 Å². The highest BCUT2D eigenvalue weighted by atomic mass is 32.2. The number of para-hydroxylation sites is 2. The highest BCUT2D eigenvalue weighted by Gasteiger charge is 2.44. The van der Waals surface area contributed by atoms with Gasteiger partial charge in [0.05, 0.1) is 98.6 Å². The van der Waals surface area contributed by atoms with E-state index >= 15 is 0 Å². The van der Waals surface area contributed by atoms with Gasteiger partial charge in [0.1, 0.15) is 0 Å². The number of fused-ring (bicyclic) bond motifs is 3. The van der Waals surface area contributed by atoms with Crippen LogP contribution in [-0.2, 0) is 61.2 Å². The van der Waals surface area contributed by atoms with Crippen LogP contribution in [0.15, 0.2) is 132 Å². The maximum absolute atomic E-state index is 13.6. The van der Waals surface area contributed by atoms with Gasteiger partial charge in [-0.2, -0.15) is 21.9 Å². The minimum atomic E-state index is -4.09. The Morgan fingerprint density at radius 1 is 0.677 bits per heavy atom. The fourth-order valence-electron chi connectivity index (χ4n) is 14.1. The number of nitrogens with one attached hydrogen (secondary N) is 2. The van der Waals surface area contributed by atoms with E-state index in [0.29, 0.717) is 172 Å². The summed E-state index contributed by atoms with van der Waals surface area (Å²) in [4.78, 5) is 43.5. The molecule has 1 atom stereocenters. The Kier molecular flexibility index (Phi) is 26.3. The zero-order chi connectivity index (χ0) is 71.0. The normalized spacial score (nSPS) is 18.0. The van der Waals surface area contributed by atoms with Crippen LogP contribution >= 0.6 is 0 Å². The largest absolute Gasteiger partial charge is 0.384 e. The summed E-state index contributed by atoms with van der Waals surface area (Å²) >= 11 is 0. The average Bonchev–Trinajstić information content (AvgIpc) is 1.63. The predicted octanol–water partition coefficient (Wildman–Crippen LogP) is 11.7. The predicted molar refractivity (Wildman–Crippen MR) is 389 cm³/mol. The lowest BCUT2D eigenvalue weighted by Gasteiger charge is -2.33. The molecule has 23 heteroatoms. The second-order valence-corrected chi connectivity index (χ2v) is 31.0. The van der Waals surface area contributed by atoms with Gasteiger partial charge in [0.2, 0.25) is 0 Å². The summed E-state index contributed by atoms with van der Waals surface area (Å²) in [5, 5.41) is 11.1. The molecule has 0 saturated carbocycles. The standard InChI is InChI=1S/C76H101N7O14S2/c1-54-70-66(52-74(2,3)53-67(70)84)83(80-54)59-31-32-60(72(77)85)63(51-59)78-35-17-39-93-41-43-95-45-47-97-48-46-96-44-42-94-40-18-36-79-73(86)58-27-25-57(26-28-58)71-55(29-33-68-75(4,5)61-21-8-10-23-64(61)81(68)37-12-14-49-98(87,88)89)19-16-20-56(71)30-34-69-76(6,7)62-22-9-11-24-65(62)82(69)38-13-15-50-99(90,91)92/h8-11,21-34,51,68,78H,12-20,35-50,52-53H2,1-7H3,(H2,77,85)(H,79,86)(H,87,88,89)(H,90,91,92)/b33-29+,56-30+,69-34+. The van der Waals surface area contributed by atoms with Gasteiger partial charge in [-0.15, -0.1) is 0 Å². The number of ether oxygens (including phenoxy) is 5. The number of hydrogen-bond acceptors (Lipinski definition) is 16. The fraction of sp³-hybridized carbons (Fsp3) is 0.500. The molecule has 1 unspecified atom stereocenters. The third-order valence-electron chi connectivity index (χ3n) is 19.0. The Balaban J connectivity index is 0.710. The van der Waals surface area contributed by atoms with Crippen molar-refractivity contribution in [1.29, 1.82) is 0 Å². The Hall–Kier alpha value is -7.32. The number of unbranched alkanes of at least 4 members (excludes halogenated alkanes) is 2. The number of aryl methyl sites for hydroxylation is 1. The van der Waals surface area contributed by atoms with Crippen molar-refractivity contribution < 1.29 is 64.0 Å². The number of benzene rings is 4. The topological polar surface area (TPSA) is 280 Å². The second kappa shape index (κ2) is 34.4. The van der Waals surface area contributed by atoms with E-state index in [2.05, 4.69) is 117 Å². The Morgan fingerprint density at radius 3 is 1.89 bits per heavy atom. The van der Waals surface area contributed by atoms with Gasteiger partial charge in [-0.05, 0) is 158 Å². The summed E-state index contributed by atoms with van der Waals surface area (Å²) in [5.41, 5.74) is 19.4. The molecule has 0 saturated heterocycles. The van der Waals surface area contributed by atoms with Gasteiger partial charge in [-0.25, -0.2) is 4.68 Å². The molecule has 5 aromatic rings. The summed E-state index contributed by atoms with van der Waals surface area (Å²) in [6.07, 6.45) is 15.8. The van der Waals surface area contributed by atoms with Crippen molar-refractivity contribution in [1.82, 2.24) is 15.1 Å². The summed E-state index contributed by atoms with van der Waals surface area (Å²) in [6, 6.07) is 29.8. The number of hydrogen-bond donors (Lipinski definition) is 5. The Morgan fingerprint density at radius 2 is 1.26 bits per heavy atom. The van der Waals surface area contributed by atoms with Crippen molar-refractivity contribution in [3.8, 4) is 5.69 Å². The number of rotatable bonds is 38. The zero-order valence-electron chi connectivity index (χ0n) is 58.6. The minimum absolute atomic E-state index is 0.0597. The number of Topliss-reactive ketones (excluding diaryl/α,β-unsaturated/α-hetero) is 1. The molecule has 4 aromatic carbocycles. The van der Waals surface area contributed by atoms with Crippen LogP contribution in [0.5, 0.6) is 0 Å². The van der Waals surface area contributed by atoms with Gasteiger partial charge in [0.15, 0.2) is 5.78 Å². The first-order valence-corrected chi connectivity index (χ1v) is 38.0. The molecule has 2 aliphatic carbocycles. The molecule has 3 heterocycles. The summed E-state index contributed by atoms with van der Waals surface area (Å²) in [7, 11) is -8.17. The van der Waals surface area contributed by atoms with E-state index in [0.717, 1.165) is 70.0 Å². The molecule has 6 N–H and O–H groups in total. The van der Waals surface area contributed by atoms with E-state index in [1.54, 1.807) is 12.1 Å². The number of carbonyl (C=O) groups is 3. The molecule has 2 aliphatic heterocycles. The number of anilines is 3. The van der Waals surface area contributed by atoms with E-state index in [4.69, 9.17) is 34.5 Å². The van der Waals surface area contributed by atoms with E-state index in [9.17, 15) is 40.3 Å². The van der Waals surface area contributed by atoms with E-state index < -0.39 is 26.1 Å². The first-order valence-electron chi connectivity index (χ1n) is 34.8. The molecule has 2 amide bonds. The van der Waals surface area contributed by atoms with Gasteiger partial charge >= 0.3 is 0 Å². The number of ketones is 1. The highest BCUT2D eigenvalue weighted by Crippen LogP contribution is 2.50. The monoisotopic (exact) mass is 1400 g/mol.